The number of urea groups is 1. The number of ether oxygens (including phenoxy) is 1. The monoisotopic (exact) mass is 641 g/mol. The summed E-state index contributed by atoms with van der Waals surface area (Å²) in [5, 5.41) is 14.5. The summed E-state index contributed by atoms with van der Waals surface area (Å²) in [7, 11) is 0. The summed E-state index contributed by atoms with van der Waals surface area (Å²) in [6.45, 7) is 9.00. The Morgan fingerprint density at radius 1 is 1.00 bits per heavy atom. The molecule has 0 aliphatic carbocycles. The predicted molar refractivity (Wildman–Crippen MR) is 182 cm³/mol. The predicted octanol–water partition coefficient (Wildman–Crippen LogP) is 8.83. The molecule has 0 bridgehead atoms. The van der Waals surface area contributed by atoms with Crippen molar-refractivity contribution in [2.45, 2.75) is 51.7 Å². The molecule has 2 unspecified atom stereocenters. The Kier molecular flexibility index (Phi) is 9.87. The van der Waals surface area contributed by atoms with E-state index < -0.39 is 11.6 Å². The van der Waals surface area contributed by atoms with Gasteiger partial charge in [-0.2, -0.15) is 0 Å². The van der Waals surface area contributed by atoms with E-state index in [0.29, 0.717) is 31.7 Å². The lowest BCUT2D eigenvalue weighted by Crippen LogP contribution is -2.49. The zero-order valence-corrected chi connectivity index (χ0v) is 27.3. The number of likely N-dealkylation sites (tertiary alicyclic amines) is 1. The van der Waals surface area contributed by atoms with Crippen LogP contribution in [0.1, 0.15) is 67.6 Å². The zero-order valence-electron chi connectivity index (χ0n) is 26.6. The number of benzene rings is 4. The molecule has 46 heavy (non-hydrogen) atoms. The largest absolute Gasteiger partial charge is 0.478 e. The van der Waals surface area contributed by atoms with Crippen LogP contribution in [0.15, 0.2) is 91.0 Å². The van der Waals surface area contributed by atoms with E-state index in [9.17, 15) is 19.5 Å². The van der Waals surface area contributed by atoms with Gasteiger partial charge in [-0.05, 0) is 80.1 Å². The fourth-order valence-electron chi connectivity index (χ4n) is 6.17. The number of hydrogen-bond acceptors (Lipinski definition) is 4. The van der Waals surface area contributed by atoms with Crippen LogP contribution < -0.4 is 5.32 Å². The van der Waals surface area contributed by atoms with Crippen molar-refractivity contribution in [2.75, 3.05) is 25.0 Å². The number of nitrogens with one attached hydrogen (secondary N) is 1. The molecule has 1 aliphatic heterocycles. The Labute approximate surface area is 274 Å². The second-order valence-electron chi connectivity index (χ2n) is 12.8. The molecule has 3 atom stereocenters. The van der Waals surface area contributed by atoms with Gasteiger partial charge in [-0.1, -0.05) is 84.4 Å². The minimum absolute atomic E-state index is 0.0369. The van der Waals surface area contributed by atoms with Crippen LogP contribution in [0, 0.1) is 5.92 Å². The van der Waals surface area contributed by atoms with Crippen LogP contribution in [-0.4, -0.2) is 58.2 Å². The van der Waals surface area contributed by atoms with E-state index in [4.69, 9.17) is 16.3 Å². The molecule has 1 fully saturated rings. The first-order valence-electron chi connectivity index (χ1n) is 15.5. The number of nitrogens with zero attached hydrogens (tertiary/aromatic N) is 2. The van der Waals surface area contributed by atoms with E-state index in [0.717, 1.165) is 21.9 Å². The van der Waals surface area contributed by atoms with Gasteiger partial charge in [-0.25, -0.2) is 14.4 Å². The average Bonchev–Trinajstić information content (AvgIpc) is 3.03. The first-order chi connectivity index (χ1) is 21.9. The number of carbonyl (C=O) groups is 3. The van der Waals surface area contributed by atoms with Gasteiger partial charge in [0.2, 0.25) is 0 Å². The van der Waals surface area contributed by atoms with Crippen LogP contribution >= 0.6 is 11.6 Å². The minimum Gasteiger partial charge on any atom is -0.478 e. The molecule has 8 nitrogen and oxygen atoms in total. The van der Waals surface area contributed by atoms with Gasteiger partial charge >= 0.3 is 18.1 Å². The number of rotatable bonds is 7. The van der Waals surface area contributed by atoms with Gasteiger partial charge in [0.1, 0.15) is 5.60 Å². The summed E-state index contributed by atoms with van der Waals surface area (Å²) >= 11 is 6.31. The molecule has 1 aliphatic rings. The number of carboxylic acid groups (broad SMARTS) is 1. The maximum absolute atomic E-state index is 13.9. The van der Waals surface area contributed by atoms with Gasteiger partial charge < -0.3 is 25.0 Å². The fourth-order valence-corrected chi connectivity index (χ4v) is 6.40. The number of piperidine rings is 1. The quantitative estimate of drug-likeness (QED) is 0.210. The molecule has 0 aromatic heterocycles. The Hall–Kier alpha value is -4.56. The van der Waals surface area contributed by atoms with Gasteiger partial charge in [-0.15, -0.1) is 0 Å². The standard InChI is InChI=1S/C37H40ClN3O5/c1-24(29-16-10-14-25-13-8-9-15-30(25)29)41(36(45)46-37(2,3)4)22-28-19-20-40(23-31(28)26-11-6-5-7-12-26)35(44)39-33-18-17-27(34(42)43)21-32(33)38/h5-18,21,24,28,31H,19-20,22-23H2,1-4H3,(H,39,44)(H,42,43)/t24-,28?,31?/m1/s1. The number of halogens is 1. The van der Waals surface area contributed by atoms with E-state index in [2.05, 4.69) is 41.7 Å². The number of aromatic carboxylic acids is 1. The van der Waals surface area contributed by atoms with Crippen LogP contribution in [0.4, 0.5) is 15.3 Å². The topological polar surface area (TPSA) is 99.2 Å². The van der Waals surface area contributed by atoms with Crippen molar-refractivity contribution in [3.63, 3.8) is 0 Å². The van der Waals surface area contributed by atoms with Crippen molar-refractivity contribution in [1.29, 1.82) is 0 Å². The van der Waals surface area contributed by atoms with Crippen LogP contribution in [0.2, 0.25) is 5.02 Å². The number of hydrogen-bond donors (Lipinski definition) is 2. The maximum Gasteiger partial charge on any atom is 0.410 e. The van der Waals surface area contributed by atoms with Crippen molar-refractivity contribution in [3.05, 3.63) is 113 Å². The Balaban J connectivity index is 1.42. The average molecular weight is 642 g/mol. The summed E-state index contributed by atoms with van der Waals surface area (Å²) in [6, 6.07) is 28.0. The highest BCUT2D eigenvalue weighted by Crippen LogP contribution is 2.37. The van der Waals surface area contributed by atoms with E-state index in [1.165, 1.54) is 18.2 Å². The molecule has 4 aromatic carbocycles. The number of carboxylic acids is 1. The van der Waals surface area contributed by atoms with Crippen LogP contribution in [0.5, 0.6) is 0 Å². The van der Waals surface area contributed by atoms with E-state index in [1.54, 1.807) is 4.90 Å². The molecule has 240 valence electrons. The second-order valence-corrected chi connectivity index (χ2v) is 13.2. The number of anilines is 1. The van der Waals surface area contributed by atoms with Gasteiger partial charge in [-0.3, -0.25) is 0 Å². The minimum atomic E-state index is -1.09. The van der Waals surface area contributed by atoms with Crippen molar-refractivity contribution in [1.82, 2.24) is 9.80 Å². The van der Waals surface area contributed by atoms with E-state index in [-0.39, 0.29) is 40.6 Å². The Morgan fingerprint density at radius 3 is 2.39 bits per heavy atom. The highest BCUT2D eigenvalue weighted by Gasteiger charge is 2.37. The molecule has 9 heteroatoms. The summed E-state index contributed by atoms with van der Waals surface area (Å²) in [5.74, 6) is -1.12. The van der Waals surface area contributed by atoms with Crippen LogP contribution in [0.25, 0.3) is 10.8 Å². The summed E-state index contributed by atoms with van der Waals surface area (Å²) in [4.78, 5) is 42.3. The maximum atomic E-state index is 13.9. The number of fused-ring (bicyclic) bond motifs is 1. The third kappa shape index (κ3) is 7.62. The highest BCUT2D eigenvalue weighted by atomic mass is 35.5. The van der Waals surface area contributed by atoms with E-state index >= 15 is 0 Å². The molecule has 5 rings (SSSR count). The highest BCUT2D eigenvalue weighted by molar-refractivity contribution is 6.34. The van der Waals surface area contributed by atoms with Crippen LogP contribution in [-0.2, 0) is 4.74 Å². The van der Waals surface area contributed by atoms with Crippen molar-refractivity contribution in [2.24, 2.45) is 5.92 Å². The molecular formula is C37H40ClN3O5. The van der Waals surface area contributed by atoms with Gasteiger partial charge in [0, 0.05) is 25.6 Å². The van der Waals surface area contributed by atoms with E-state index in [1.807, 2.05) is 69.0 Å². The molecule has 0 radical (unpaired) electrons. The summed E-state index contributed by atoms with van der Waals surface area (Å²) < 4.78 is 5.96. The molecule has 1 saturated heterocycles. The number of carbonyl (C=O) groups excluding carboxylic acids is 2. The third-order valence-electron chi connectivity index (χ3n) is 8.53. The molecule has 0 spiro atoms. The van der Waals surface area contributed by atoms with Crippen molar-refractivity contribution in [3.8, 4) is 0 Å². The summed E-state index contributed by atoms with van der Waals surface area (Å²) in [6.07, 6.45) is 0.277. The molecule has 3 amide bonds. The SMILES string of the molecule is C[C@H](c1cccc2ccccc12)N(CC1CCN(C(=O)Nc2ccc(C(=O)O)cc2Cl)CC1c1ccccc1)C(=O)OC(C)(C)C. The molecule has 0 saturated carbocycles. The van der Waals surface area contributed by atoms with Crippen LogP contribution in [0.3, 0.4) is 0 Å². The number of amides is 3. The Bertz CT molecular complexity index is 1720. The van der Waals surface area contributed by atoms with Gasteiger partial charge in [0.25, 0.3) is 0 Å². The first kappa shape index (κ1) is 32.8. The lowest BCUT2D eigenvalue weighted by Gasteiger charge is -2.42. The first-order valence-corrected chi connectivity index (χ1v) is 15.9. The third-order valence-corrected chi connectivity index (χ3v) is 8.84. The fraction of sp³-hybridized carbons (Fsp3) is 0.324. The lowest BCUT2D eigenvalue weighted by atomic mass is 9.80. The van der Waals surface area contributed by atoms with Crippen molar-refractivity contribution >= 4 is 46.2 Å². The smallest absolute Gasteiger partial charge is 0.410 e. The zero-order chi connectivity index (χ0) is 33.0. The van der Waals surface area contributed by atoms with Gasteiger partial charge in [0.15, 0.2) is 0 Å². The molecular weight excluding hydrogens is 602 g/mol. The molecule has 2 N–H and O–H groups in total. The molecule has 1 heterocycles. The van der Waals surface area contributed by atoms with Gasteiger partial charge in [0.05, 0.1) is 22.3 Å². The normalized spacial score (nSPS) is 17.3. The second kappa shape index (κ2) is 13.8. The Morgan fingerprint density at radius 2 is 1.70 bits per heavy atom. The molecule has 4 aromatic rings. The lowest BCUT2D eigenvalue weighted by molar-refractivity contribution is 0.0101. The summed E-state index contributed by atoms with van der Waals surface area (Å²) in [5.41, 5.74) is 1.84. The van der Waals surface area contributed by atoms with Crippen molar-refractivity contribution < 1.29 is 24.2 Å².